The molecule has 0 atom stereocenters. The van der Waals surface area contributed by atoms with Gasteiger partial charge in [-0.3, -0.25) is 0 Å². The van der Waals surface area contributed by atoms with E-state index in [4.69, 9.17) is 49.7 Å². The fourth-order valence-corrected chi connectivity index (χ4v) is 14.4. The second-order valence-corrected chi connectivity index (χ2v) is 25.3. The van der Waals surface area contributed by atoms with Gasteiger partial charge in [-0.05, 0) is 110 Å². The Kier molecular flexibility index (Phi) is 12.4. The lowest BCUT2D eigenvalue weighted by molar-refractivity contribution is 0.00578. The maximum Gasteiger partial charge on any atom is 0.494 e. The van der Waals surface area contributed by atoms with Gasteiger partial charge in [0.05, 0.1) is 43.0 Å². The van der Waals surface area contributed by atoms with Gasteiger partial charge < -0.3 is 18.1 Å². The summed E-state index contributed by atoms with van der Waals surface area (Å²) in [5, 5.41) is 6.90. The van der Waals surface area contributed by atoms with E-state index < -0.39 is 18.3 Å². The zero-order valence-electron chi connectivity index (χ0n) is 47.1. The van der Waals surface area contributed by atoms with Crippen LogP contribution in [0, 0.1) is 0 Å². The van der Waals surface area contributed by atoms with Crippen molar-refractivity contribution in [3.8, 4) is 67.5 Å². The number of nitrogens with zero attached hydrogens (tertiary/aromatic N) is 4. The van der Waals surface area contributed by atoms with Gasteiger partial charge in [-0.2, -0.15) is 0 Å². The van der Waals surface area contributed by atoms with Crippen molar-refractivity contribution in [3.63, 3.8) is 0 Å². The van der Waals surface area contributed by atoms with E-state index in [-0.39, 0.29) is 0 Å². The summed E-state index contributed by atoms with van der Waals surface area (Å²) < 4.78 is 29.9. The van der Waals surface area contributed by atoms with Crippen LogP contribution in [0.2, 0.25) is 5.02 Å². The second kappa shape index (κ2) is 20.4. The van der Waals surface area contributed by atoms with Crippen molar-refractivity contribution in [3.05, 3.63) is 236 Å². The predicted molar refractivity (Wildman–Crippen MR) is 358 cm³/mol. The van der Waals surface area contributed by atoms with Crippen LogP contribution in [0.25, 0.3) is 152 Å². The van der Waals surface area contributed by atoms with Crippen molar-refractivity contribution in [1.82, 2.24) is 19.9 Å². The minimum atomic E-state index is -0.469. The Morgan fingerprint density at radius 2 is 0.802 bits per heavy atom. The summed E-state index contributed by atoms with van der Waals surface area (Å²) >= 11 is 9.76. The molecule has 86 heavy (non-hydrogen) atoms. The summed E-state index contributed by atoms with van der Waals surface area (Å²) in [6.07, 6.45) is 0. The van der Waals surface area contributed by atoms with Crippen LogP contribution in [0.3, 0.4) is 0 Å². The molecule has 7 heterocycles. The summed E-state index contributed by atoms with van der Waals surface area (Å²) in [4.78, 5) is 21.0. The molecule has 0 aliphatic carbocycles. The molecule has 0 N–H and O–H groups in total. The van der Waals surface area contributed by atoms with E-state index in [0.717, 1.165) is 125 Å². The van der Waals surface area contributed by atoms with E-state index in [1.165, 1.54) is 20.5 Å². The maximum absolute atomic E-state index is 6.48. The summed E-state index contributed by atoms with van der Waals surface area (Å²) in [6, 6.07) is 79.2. The van der Waals surface area contributed by atoms with Crippen molar-refractivity contribution in [2.45, 2.75) is 38.9 Å². The molecule has 0 unspecified atom stereocenters. The lowest BCUT2D eigenvalue weighted by Gasteiger charge is -2.32. The van der Waals surface area contributed by atoms with Crippen LogP contribution in [0.5, 0.6) is 0 Å². The second-order valence-electron chi connectivity index (χ2n) is 22.8. The molecule has 12 heteroatoms. The van der Waals surface area contributed by atoms with Gasteiger partial charge in [-0.25, -0.2) is 19.9 Å². The van der Waals surface area contributed by atoms with Gasteiger partial charge in [-0.15, -0.1) is 22.7 Å². The van der Waals surface area contributed by atoms with E-state index in [9.17, 15) is 0 Å². The number of halogens is 1. The number of furan rings is 2. The number of benzene rings is 10. The van der Waals surface area contributed by atoms with Crippen LogP contribution in [0.4, 0.5) is 0 Å². The normalized spacial score (nSPS) is 13.9. The third-order valence-corrected chi connectivity index (χ3v) is 19.5. The molecule has 0 spiro atoms. The Hall–Kier alpha value is -9.33. The molecule has 0 bridgehead atoms. The molecular formula is C74H50BClN4O4S2. The molecule has 16 aromatic rings. The van der Waals surface area contributed by atoms with Crippen LogP contribution in [-0.2, 0) is 9.31 Å². The average molecular weight is 1170 g/mol. The molecule has 10 aromatic carbocycles. The minimum absolute atomic E-state index is 0.423. The first kappa shape index (κ1) is 52.2. The van der Waals surface area contributed by atoms with Crippen LogP contribution in [0.15, 0.2) is 239 Å². The van der Waals surface area contributed by atoms with E-state index in [0.29, 0.717) is 16.7 Å². The molecule has 8 nitrogen and oxygen atoms in total. The van der Waals surface area contributed by atoms with Gasteiger partial charge in [0.25, 0.3) is 0 Å². The number of hydrogen-bond acceptors (Lipinski definition) is 10. The van der Waals surface area contributed by atoms with Crippen molar-refractivity contribution >= 4 is 131 Å². The summed E-state index contributed by atoms with van der Waals surface area (Å²) in [6.45, 7) is 8.27. The van der Waals surface area contributed by atoms with E-state index in [2.05, 4.69) is 198 Å². The largest absolute Gasteiger partial charge is 0.494 e. The van der Waals surface area contributed by atoms with Gasteiger partial charge >= 0.3 is 7.12 Å². The van der Waals surface area contributed by atoms with E-state index in [1.54, 1.807) is 22.7 Å². The summed E-state index contributed by atoms with van der Waals surface area (Å²) in [5.74, 6) is 1.35. The SMILES string of the molecule is CC1(C)OB(c2ccc3c(c2)oc2cccc(-c4nc(-c5cccc(-c6ccccc6)c5)c5sc6ccccc6c5n4)c23)OC1(C)C.Clc1ccc2c(c1)oc1cccc(-c3nc(-c4cccc(-c5ccccc5)c4)c4sc5ccccc5c4n3)c12. The van der Waals surface area contributed by atoms with Gasteiger partial charge in [0.1, 0.15) is 22.3 Å². The fraction of sp³-hybridized carbons (Fsp3) is 0.0811. The molecule has 1 aliphatic rings. The quantitative estimate of drug-likeness (QED) is 0.146. The minimum Gasteiger partial charge on any atom is -0.456 e. The Morgan fingerprint density at radius 1 is 0.372 bits per heavy atom. The summed E-state index contributed by atoms with van der Waals surface area (Å²) in [7, 11) is -0.469. The Bertz CT molecular complexity index is 5350. The highest BCUT2D eigenvalue weighted by Gasteiger charge is 2.52. The van der Waals surface area contributed by atoms with E-state index in [1.807, 2.05) is 60.7 Å². The molecule has 0 saturated carbocycles. The zero-order valence-corrected chi connectivity index (χ0v) is 49.5. The number of thiophene rings is 2. The van der Waals surface area contributed by atoms with Crippen molar-refractivity contribution in [2.24, 2.45) is 0 Å². The van der Waals surface area contributed by atoms with Gasteiger partial charge in [0.15, 0.2) is 11.6 Å². The van der Waals surface area contributed by atoms with Crippen molar-refractivity contribution in [1.29, 1.82) is 0 Å². The molecule has 0 radical (unpaired) electrons. The predicted octanol–water partition coefficient (Wildman–Crippen LogP) is 20.4. The number of hydrogen-bond donors (Lipinski definition) is 0. The highest BCUT2D eigenvalue weighted by Crippen LogP contribution is 2.46. The zero-order chi connectivity index (χ0) is 57.8. The van der Waals surface area contributed by atoms with Gasteiger partial charge in [0, 0.05) is 75.1 Å². The van der Waals surface area contributed by atoms with Gasteiger partial charge in [-0.1, -0.05) is 181 Å². The first-order valence-electron chi connectivity index (χ1n) is 28.6. The van der Waals surface area contributed by atoms with Crippen molar-refractivity contribution in [2.75, 3.05) is 0 Å². The topological polar surface area (TPSA) is 96.3 Å². The summed E-state index contributed by atoms with van der Waals surface area (Å²) in [5.41, 5.74) is 15.6. The van der Waals surface area contributed by atoms with Crippen LogP contribution < -0.4 is 5.46 Å². The number of rotatable bonds is 7. The molecule has 6 aromatic heterocycles. The third kappa shape index (κ3) is 8.88. The fourth-order valence-electron chi connectivity index (χ4n) is 11.9. The van der Waals surface area contributed by atoms with Crippen LogP contribution in [0.1, 0.15) is 27.7 Å². The lowest BCUT2D eigenvalue weighted by Crippen LogP contribution is -2.41. The smallest absolute Gasteiger partial charge is 0.456 e. The third-order valence-electron chi connectivity index (χ3n) is 16.9. The number of fused-ring (bicyclic) bond motifs is 12. The standard InChI is InChI=1S/C40H31BN2O3S.C34H19ClN2OS/c1-39(2)40(3,4)46-41(45-39)27-20-21-28-32(23-27)44-31-18-11-17-30(34(28)31)38-42-35(37-36(43-38)29-16-8-9-19-33(29)47-37)26-15-10-14-25(22-26)24-12-6-5-7-13-24;35-23-16-17-24-28(19-23)38-27-14-7-13-26(30(24)27)34-36-31(33-32(37-34)25-12-4-5-15-29(25)39-33)22-11-6-10-21(18-22)20-8-2-1-3-9-20/h5-23H,1-4H3;1-19H. The highest BCUT2D eigenvalue weighted by atomic mass is 35.5. The monoisotopic (exact) mass is 1170 g/mol. The van der Waals surface area contributed by atoms with Crippen LogP contribution >= 0.6 is 34.3 Å². The first-order valence-corrected chi connectivity index (χ1v) is 30.6. The Balaban J connectivity index is 0.000000142. The highest BCUT2D eigenvalue weighted by molar-refractivity contribution is 7.26. The lowest BCUT2D eigenvalue weighted by atomic mass is 9.79. The number of aromatic nitrogens is 4. The molecule has 17 rings (SSSR count). The maximum atomic E-state index is 6.48. The molecule has 412 valence electrons. The van der Waals surface area contributed by atoms with Crippen LogP contribution in [-0.4, -0.2) is 38.3 Å². The van der Waals surface area contributed by atoms with Crippen molar-refractivity contribution < 1.29 is 18.1 Å². The average Bonchev–Trinajstić information content (AvgIpc) is 1.97. The Labute approximate surface area is 508 Å². The molecule has 1 fully saturated rings. The first-order chi connectivity index (χ1) is 42.0. The molecular weight excluding hydrogens is 1120 g/mol. The Morgan fingerprint density at radius 3 is 1.31 bits per heavy atom. The van der Waals surface area contributed by atoms with Gasteiger partial charge in [0.2, 0.25) is 0 Å². The molecule has 1 aliphatic heterocycles. The molecule has 0 amide bonds. The van der Waals surface area contributed by atoms with E-state index >= 15 is 0 Å². The molecule has 1 saturated heterocycles.